The molecule has 0 N–H and O–H groups in total. The lowest BCUT2D eigenvalue weighted by Crippen LogP contribution is -2.26. The summed E-state index contributed by atoms with van der Waals surface area (Å²) >= 11 is 2.97. The standard InChI is InChI=1S/C12H16BrF2N/c1-3-5-16(6-4-2)12-8-10(14)9(13)7-11(12)15/h7-8H,3-6H2,1-2H3. The van der Waals surface area contributed by atoms with Crippen LogP contribution in [0.15, 0.2) is 16.6 Å². The second-order valence-corrected chi connectivity index (χ2v) is 4.56. The molecule has 0 aliphatic heterocycles. The van der Waals surface area contributed by atoms with Crippen molar-refractivity contribution in [2.75, 3.05) is 18.0 Å². The van der Waals surface area contributed by atoms with Crippen LogP contribution in [0.2, 0.25) is 0 Å². The van der Waals surface area contributed by atoms with Crippen LogP contribution in [0.3, 0.4) is 0 Å². The van der Waals surface area contributed by atoms with Gasteiger partial charge < -0.3 is 4.90 Å². The Balaban J connectivity index is 3.03. The quantitative estimate of drug-likeness (QED) is 0.729. The predicted octanol–water partition coefficient (Wildman–Crippen LogP) is 4.35. The molecule has 1 aromatic carbocycles. The zero-order chi connectivity index (χ0) is 12.1. The van der Waals surface area contributed by atoms with Crippen molar-refractivity contribution in [3.8, 4) is 0 Å². The van der Waals surface area contributed by atoms with E-state index in [-0.39, 0.29) is 10.3 Å². The van der Waals surface area contributed by atoms with E-state index < -0.39 is 5.82 Å². The van der Waals surface area contributed by atoms with Crippen molar-refractivity contribution in [2.24, 2.45) is 0 Å². The van der Waals surface area contributed by atoms with Gasteiger partial charge in [0.25, 0.3) is 0 Å². The number of hydrogen-bond donors (Lipinski definition) is 0. The molecule has 0 unspecified atom stereocenters. The molecule has 0 saturated carbocycles. The molecule has 0 aromatic heterocycles. The van der Waals surface area contributed by atoms with E-state index in [1.54, 1.807) is 0 Å². The number of anilines is 1. The predicted molar refractivity (Wildman–Crippen MR) is 66.9 cm³/mol. The molecule has 0 radical (unpaired) electrons. The molecule has 0 saturated heterocycles. The summed E-state index contributed by atoms with van der Waals surface area (Å²) in [6, 6.07) is 2.44. The Kier molecular flexibility index (Phi) is 5.19. The van der Waals surface area contributed by atoms with Gasteiger partial charge in [-0.15, -0.1) is 0 Å². The Hall–Kier alpha value is -0.640. The van der Waals surface area contributed by atoms with Crippen molar-refractivity contribution in [3.05, 3.63) is 28.2 Å². The Bertz CT molecular complexity index is 349. The molecule has 0 bridgehead atoms. The Morgan fingerprint density at radius 2 is 1.62 bits per heavy atom. The first kappa shape index (κ1) is 13.4. The first-order valence-corrected chi connectivity index (χ1v) is 6.28. The lowest BCUT2D eigenvalue weighted by atomic mass is 10.2. The second-order valence-electron chi connectivity index (χ2n) is 3.70. The SMILES string of the molecule is CCCN(CCC)c1cc(F)c(Br)cc1F. The highest BCUT2D eigenvalue weighted by molar-refractivity contribution is 9.10. The number of hydrogen-bond acceptors (Lipinski definition) is 1. The summed E-state index contributed by atoms with van der Waals surface area (Å²) in [6.45, 7) is 5.53. The van der Waals surface area contributed by atoms with E-state index in [2.05, 4.69) is 15.9 Å². The van der Waals surface area contributed by atoms with Crippen LogP contribution in [-0.2, 0) is 0 Å². The molecular weight excluding hydrogens is 276 g/mol. The Morgan fingerprint density at radius 1 is 1.06 bits per heavy atom. The minimum absolute atomic E-state index is 0.168. The number of halogens is 3. The molecule has 0 spiro atoms. The van der Waals surface area contributed by atoms with Gasteiger partial charge in [0.2, 0.25) is 0 Å². The lowest BCUT2D eigenvalue weighted by Gasteiger charge is -2.24. The van der Waals surface area contributed by atoms with Crippen LogP contribution in [0, 0.1) is 11.6 Å². The maximum absolute atomic E-state index is 13.7. The molecule has 0 atom stereocenters. The van der Waals surface area contributed by atoms with Gasteiger partial charge in [0, 0.05) is 19.2 Å². The van der Waals surface area contributed by atoms with E-state index in [1.165, 1.54) is 12.1 Å². The van der Waals surface area contributed by atoms with Crippen molar-refractivity contribution < 1.29 is 8.78 Å². The third-order valence-electron chi connectivity index (χ3n) is 2.32. The fraction of sp³-hybridized carbons (Fsp3) is 0.500. The summed E-state index contributed by atoms with van der Waals surface area (Å²) in [5.74, 6) is -0.802. The van der Waals surface area contributed by atoms with E-state index in [0.717, 1.165) is 25.9 Å². The van der Waals surface area contributed by atoms with E-state index >= 15 is 0 Å². The van der Waals surface area contributed by atoms with E-state index in [4.69, 9.17) is 0 Å². The van der Waals surface area contributed by atoms with Gasteiger partial charge in [-0.25, -0.2) is 8.78 Å². The highest BCUT2D eigenvalue weighted by Crippen LogP contribution is 2.26. The number of benzene rings is 1. The van der Waals surface area contributed by atoms with Gasteiger partial charge in [-0.3, -0.25) is 0 Å². The van der Waals surface area contributed by atoms with Crippen molar-refractivity contribution >= 4 is 21.6 Å². The van der Waals surface area contributed by atoms with Crippen LogP contribution in [0.4, 0.5) is 14.5 Å². The first-order valence-electron chi connectivity index (χ1n) is 5.49. The van der Waals surface area contributed by atoms with Crippen molar-refractivity contribution in [2.45, 2.75) is 26.7 Å². The minimum Gasteiger partial charge on any atom is -0.369 e. The fourth-order valence-corrected chi connectivity index (χ4v) is 1.96. The van der Waals surface area contributed by atoms with Gasteiger partial charge in [0.1, 0.15) is 11.6 Å². The molecular formula is C12H16BrF2N. The van der Waals surface area contributed by atoms with Crippen LogP contribution in [0.1, 0.15) is 26.7 Å². The lowest BCUT2D eigenvalue weighted by molar-refractivity contribution is 0.585. The third kappa shape index (κ3) is 3.17. The largest absolute Gasteiger partial charge is 0.369 e. The van der Waals surface area contributed by atoms with Crippen molar-refractivity contribution in [3.63, 3.8) is 0 Å². The first-order chi connectivity index (χ1) is 7.60. The topological polar surface area (TPSA) is 3.24 Å². The van der Waals surface area contributed by atoms with Gasteiger partial charge in [0.05, 0.1) is 10.2 Å². The van der Waals surface area contributed by atoms with E-state index in [9.17, 15) is 8.78 Å². The zero-order valence-corrected chi connectivity index (χ0v) is 11.2. The average Bonchev–Trinajstić information content (AvgIpc) is 2.23. The van der Waals surface area contributed by atoms with Crippen LogP contribution >= 0.6 is 15.9 Å². The van der Waals surface area contributed by atoms with E-state index in [0.29, 0.717) is 5.69 Å². The summed E-state index contributed by atoms with van der Waals surface area (Å²) in [5.41, 5.74) is 0.351. The molecule has 0 aliphatic rings. The molecule has 90 valence electrons. The highest BCUT2D eigenvalue weighted by atomic mass is 79.9. The summed E-state index contributed by atoms with van der Waals surface area (Å²) in [6.07, 6.45) is 1.83. The highest BCUT2D eigenvalue weighted by Gasteiger charge is 2.13. The summed E-state index contributed by atoms with van der Waals surface area (Å²) in [4.78, 5) is 1.88. The molecule has 1 nitrogen and oxygen atoms in total. The number of nitrogens with zero attached hydrogens (tertiary/aromatic N) is 1. The second kappa shape index (κ2) is 6.18. The maximum Gasteiger partial charge on any atom is 0.147 e. The molecule has 16 heavy (non-hydrogen) atoms. The van der Waals surface area contributed by atoms with Crippen LogP contribution < -0.4 is 4.90 Å². The maximum atomic E-state index is 13.7. The normalized spacial score (nSPS) is 10.6. The Morgan fingerprint density at radius 3 is 2.12 bits per heavy atom. The molecule has 0 heterocycles. The van der Waals surface area contributed by atoms with Crippen molar-refractivity contribution in [1.29, 1.82) is 0 Å². The van der Waals surface area contributed by atoms with Crippen LogP contribution in [0.5, 0.6) is 0 Å². The molecule has 1 rings (SSSR count). The molecule has 0 fully saturated rings. The molecule has 1 aromatic rings. The average molecular weight is 292 g/mol. The molecule has 0 amide bonds. The Labute approximate surface area is 104 Å². The molecule has 4 heteroatoms. The third-order valence-corrected chi connectivity index (χ3v) is 2.93. The summed E-state index contributed by atoms with van der Waals surface area (Å²) in [7, 11) is 0. The summed E-state index contributed by atoms with van der Waals surface area (Å²) < 4.78 is 27.2. The zero-order valence-electron chi connectivity index (χ0n) is 9.56. The van der Waals surface area contributed by atoms with Gasteiger partial charge in [-0.05, 0) is 34.8 Å². The minimum atomic E-state index is -0.423. The van der Waals surface area contributed by atoms with Gasteiger partial charge in [-0.2, -0.15) is 0 Å². The van der Waals surface area contributed by atoms with Crippen molar-refractivity contribution in [1.82, 2.24) is 0 Å². The fourth-order valence-electron chi connectivity index (χ4n) is 1.65. The van der Waals surface area contributed by atoms with E-state index in [1.807, 2.05) is 18.7 Å². The van der Waals surface area contributed by atoms with Gasteiger partial charge >= 0.3 is 0 Å². The smallest absolute Gasteiger partial charge is 0.147 e. The summed E-state index contributed by atoms with van der Waals surface area (Å²) in [5, 5.41) is 0. The van der Waals surface area contributed by atoms with Crippen LogP contribution in [0.25, 0.3) is 0 Å². The van der Waals surface area contributed by atoms with Crippen LogP contribution in [-0.4, -0.2) is 13.1 Å². The van der Waals surface area contributed by atoms with Gasteiger partial charge in [-0.1, -0.05) is 13.8 Å². The molecule has 0 aliphatic carbocycles. The van der Waals surface area contributed by atoms with Gasteiger partial charge in [0.15, 0.2) is 0 Å². The monoisotopic (exact) mass is 291 g/mol. The number of rotatable bonds is 5.